The zero-order valence-corrected chi connectivity index (χ0v) is 19.9. The van der Waals surface area contributed by atoms with Crippen molar-refractivity contribution in [3.8, 4) is 11.4 Å². The van der Waals surface area contributed by atoms with Crippen molar-refractivity contribution in [2.75, 3.05) is 13.6 Å². The summed E-state index contributed by atoms with van der Waals surface area (Å²) in [6.45, 7) is 2.24. The molecule has 4 aromatic rings. The smallest absolute Gasteiger partial charge is 0.265 e. The van der Waals surface area contributed by atoms with Crippen LogP contribution in [0.3, 0.4) is 0 Å². The molecule has 0 aliphatic rings. The van der Waals surface area contributed by atoms with E-state index in [0.29, 0.717) is 35.5 Å². The van der Waals surface area contributed by atoms with Crippen molar-refractivity contribution < 1.29 is 31.1 Å². The van der Waals surface area contributed by atoms with Crippen LogP contribution in [0.1, 0.15) is 18.1 Å². The zero-order chi connectivity index (χ0) is 27.7. The van der Waals surface area contributed by atoms with E-state index in [2.05, 4.69) is 25.5 Å². The molecule has 0 spiro atoms. The van der Waals surface area contributed by atoms with Gasteiger partial charge < -0.3 is 0 Å². The number of para-hydroxylation sites is 2. The molecule has 2 heterocycles. The lowest BCUT2D eigenvalue weighted by molar-refractivity contribution is -0.143. The second kappa shape index (κ2) is 9.85. The van der Waals surface area contributed by atoms with Crippen LogP contribution in [0.15, 0.2) is 61.1 Å². The Morgan fingerprint density at radius 1 is 1.00 bits per heavy atom. The number of amides is 1. The number of carbonyl (C=O) groups is 1. The molecule has 198 valence electrons. The van der Waals surface area contributed by atoms with Gasteiger partial charge in [0.2, 0.25) is 0 Å². The number of quaternary nitrogens is 1. The average molecular weight is 536 g/mol. The van der Waals surface area contributed by atoms with E-state index in [1.807, 2.05) is 19.1 Å². The Morgan fingerprint density at radius 3 is 2.24 bits per heavy atom. The van der Waals surface area contributed by atoms with Gasteiger partial charge in [-0.15, -0.1) is 5.10 Å². The SMILES string of the molecule is CC[N+](C)(NC(=O)C=Cn1cnc(-c2cc(C(F)(F)F)cc(C(F)(F)F)c2)n1)c1cnc2ccccc2n1. The summed E-state index contributed by atoms with van der Waals surface area (Å²) in [5.74, 6) is -0.479. The molecule has 0 saturated carbocycles. The molecule has 1 atom stereocenters. The van der Waals surface area contributed by atoms with Gasteiger partial charge in [0.1, 0.15) is 19.1 Å². The zero-order valence-electron chi connectivity index (χ0n) is 19.9. The van der Waals surface area contributed by atoms with Crippen LogP contribution >= 0.6 is 0 Å². The Hall–Kier alpha value is -4.33. The first-order chi connectivity index (χ1) is 17.8. The molecular weight excluding hydrogens is 516 g/mol. The second-order valence-electron chi connectivity index (χ2n) is 8.36. The summed E-state index contributed by atoms with van der Waals surface area (Å²) < 4.78 is 79.8. The lowest BCUT2D eigenvalue weighted by Gasteiger charge is -2.29. The molecule has 0 fully saturated rings. The standard InChI is InChI=1S/C24H19F6N7O/c1-3-37(2,20-13-31-18-6-4-5-7-19(18)33-20)35-21(38)8-9-36-14-32-22(34-36)15-10-16(23(25,26)27)12-17(11-15)24(28,29)30/h4-14H,3H2,1-2H3/p+1. The lowest BCUT2D eigenvalue weighted by atomic mass is 10.0. The molecule has 2 aromatic heterocycles. The van der Waals surface area contributed by atoms with Crippen molar-refractivity contribution in [1.82, 2.24) is 34.8 Å². The monoisotopic (exact) mass is 536 g/mol. The number of hydrogen-bond acceptors (Lipinski definition) is 5. The molecule has 14 heteroatoms. The van der Waals surface area contributed by atoms with Gasteiger partial charge in [0.05, 0.1) is 29.2 Å². The van der Waals surface area contributed by atoms with E-state index in [-0.39, 0.29) is 16.5 Å². The van der Waals surface area contributed by atoms with Gasteiger partial charge in [-0.1, -0.05) is 12.1 Å². The number of halogens is 6. The predicted octanol–water partition coefficient (Wildman–Crippen LogP) is 5.09. The van der Waals surface area contributed by atoms with Crippen LogP contribution < -0.4 is 10.0 Å². The minimum Gasteiger partial charge on any atom is -0.265 e. The van der Waals surface area contributed by atoms with Gasteiger partial charge >= 0.3 is 12.4 Å². The van der Waals surface area contributed by atoms with E-state index in [9.17, 15) is 31.1 Å². The van der Waals surface area contributed by atoms with Crippen molar-refractivity contribution in [1.29, 1.82) is 0 Å². The maximum absolute atomic E-state index is 13.2. The Bertz CT molecular complexity index is 1480. The largest absolute Gasteiger partial charge is 0.416 e. The van der Waals surface area contributed by atoms with Crippen molar-refractivity contribution in [2.24, 2.45) is 0 Å². The Morgan fingerprint density at radius 2 is 1.63 bits per heavy atom. The van der Waals surface area contributed by atoms with Crippen LogP contribution in [0, 0.1) is 0 Å². The third-order valence-electron chi connectivity index (χ3n) is 5.66. The summed E-state index contributed by atoms with van der Waals surface area (Å²) in [5, 5.41) is 3.88. The summed E-state index contributed by atoms with van der Waals surface area (Å²) >= 11 is 0. The molecule has 1 unspecified atom stereocenters. The van der Waals surface area contributed by atoms with Crippen LogP contribution in [0.5, 0.6) is 0 Å². The highest BCUT2D eigenvalue weighted by atomic mass is 19.4. The Balaban J connectivity index is 1.54. The van der Waals surface area contributed by atoms with E-state index in [4.69, 9.17) is 0 Å². The number of rotatable bonds is 6. The first-order valence-corrected chi connectivity index (χ1v) is 11.1. The van der Waals surface area contributed by atoms with Gasteiger partial charge in [0, 0.05) is 17.8 Å². The third-order valence-corrected chi connectivity index (χ3v) is 5.66. The van der Waals surface area contributed by atoms with Gasteiger partial charge in [0.15, 0.2) is 5.82 Å². The quantitative estimate of drug-likeness (QED) is 0.161. The van der Waals surface area contributed by atoms with Gasteiger partial charge in [0.25, 0.3) is 11.7 Å². The minimum absolute atomic E-state index is 0.0215. The summed E-state index contributed by atoms with van der Waals surface area (Å²) in [4.78, 5) is 25.3. The average Bonchev–Trinajstić information content (AvgIpc) is 3.35. The van der Waals surface area contributed by atoms with E-state index < -0.39 is 35.0 Å². The number of hydrogen-bond donors (Lipinski definition) is 1. The fourth-order valence-corrected chi connectivity index (χ4v) is 3.47. The van der Waals surface area contributed by atoms with E-state index >= 15 is 0 Å². The molecule has 4 rings (SSSR count). The van der Waals surface area contributed by atoms with Gasteiger partial charge in [-0.2, -0.15) is 41.3 Å². The first kappa shape index (κ1) is 26.7. The Labute approximate surface area is 211 Å². The molecular formula is C24H20F6N7O+. The molecule has 1 amide bonds. The van der Waals surface area contributed by atoms with Gasteiger partial charge in [-0.25, -0.2) is 14.6 Å². The molecule has 1 N–H and O–H groups in total. The van der Waals surface area contributed by atoms with Crippen molar-refractivity contribution in [3.63, 3.8) is 0 Å². The van der Waals surface area contributed by atoms with Gasteiger partial charge in [-0.3, -0.25) is 4.79 Å². The molecule has 0 aliphatic heterocycles. The minimum atomic E-state index is -5.00. The first-order valence-electron chi connectivity index (χ1n) is 11.1. The van der Waals surface area contributed by atoms with Crippen LogP contribution in [-0.4, -0.2) is 44.2 Å². The molecule has 38 heavy (non-hydrogen) atoms. The number of alkyl halides is 6. The normalized spacial score (nSPS) is 14.1. The molecule has 2 aromatic carbocycles. The fourth-order valence-electron chi connectivity index (χ4n) is 3.47. The number of carbonyl (C=O) groups excluding carboxylic acids is 1. The molecule has 8 nitrogen and oxygen atoms in total. The topological polar surface area (TPSA) is 85.6 Å². The van der Waals surface area contributed by atoms with Crippen LogP contribution in [0.25, 0.3) is 28.6 Å². The van der Waals surface area contributed by atoms with E-state index in [0.717, 1.165) is 23.3 Å². The summed E-state index contributed by atoms with van der Waals surface area (Å²) in [6.07, 6.45) is -5.16. The van der Waals surface area contributed by atoms with Crippen molar-refractivity contribution in [3.05, 3.63) is 72.2 Å². The number of nitrogens with one attached hydrogen (secondary N) is 1. The van der Waals surface area contributed by atoms with Crippen LogP contribution in [-0.2, 0) is 17.1 Å². The molecule has 0 aliphatic carbocycles. The van der Waals surface area contributed by atoms with Crippen LogP contribution in [0.4, 0.5) is 32.2 Å². The number of nitrogens with zero attached hydrogens (tertiary/aromatic N) is 6. The summed E-state index contributed by atoms with van der Waals surface area (Å²) in [7, 11) is 1.71. The second-order valence-corrected chi connectivity index (χ2v) is 8.36. The molecule has 0 radical (unpaired) electrons. The molecule has 0 saturated heterocycles. The summed E-state index contributed by atoms with van der Waals surface area (Å²) in [6, 6.07) is 8.31. The fraction of sp³-hybridized carbons (Fsp3) is 0.208. The Kier molecular flexibility index (Phi) is 6.93. The molecule has 0 bridgehead atoms. The third kappa shape index (κ3) is 5.80. The highest BCUT2D eigenvalue weighted by Crippen LogP contribution is 2.38. The van der Waals surface area contributed by atoms with Gasteiger partial charge in [-0.05, 0) is 37.3 Å². The maximum atomic E-state index is 13.2. The summed E-state index contributed by atoms with van der Waals surface area (Å²) in [5.41, 5.74) is 0.667. The number of aromatic nitrogens is 5. The lowest BCUT2D eigenvalue weighted by Crippen LogP contribution is -2.58. The van der Waals surface area contributed by atoms with E-state index in [1.165, 1.54) is 0 Å². The van der Waals surface area contributed by atoms with Crippen molar-refractivity contribution in [2.45, 2.75) is 19.3 Å². The maximum Gasteiger partial charge on any atom is 0.416 e. The van der Waals surface area contributed by atoms with Crippen molar-refractivity contribution >= 4 is 29.0 Å². The number of benzene rings is 2. The highest BCUT2D eigenvalue weighted by molar-refractivity contribution is 5.90. The van der Waals surface area contributed by atoms with Crippen LogP contribution in [0.2, 0.25) is 0 Å². The van der Waals surface area contributed by atoms with E-state index in [1.54, 1.807) is 25.4 Å². The highest BCUT2D eigenvalue weighted by Gasteiger charge is 2.37. The predicted molar refractivity (Wildman–Crippen MR) is 127 cm³/mol. The number of fused-ring (bicyclic) bond motifs is 1.